The SMILES string of the molecule is CC(C)(C)NC(=O)[C@H](Cc1ccccc1)N(Cc1ccc(Cl)c(Cl)c1)C(=O)CN(c1ccc2c(c1)OCCO2)S(=O)(=O)c1ccccc1. The second-order valence-corrected chi connectivity index (χ2v) is 15.0. The first kappa shape index (κ1) is 35.1. The van der Waals surface area contributed by atoms with Crippen LogP contribution >= 0.6 is 23.2 Å². The largest absolute Gasteiger partial charge is 0.486 e. The number of carbonyl (C=O) groups excluding carboxylic acids is 2. The summed E-state index contributed by atoms with van der Waals surface area (Å²) in [6.07, 6.45) is 0.172. The first-order chi connectivity index (χ1) is 22.8. The quantitative estimate of drug-likeness (QED) is 0.190. The molecule has 0 bridgehead atoms. The van der Waals surface area contributed by atoms with Crippen molar-refractivity contribution in [1.82, 2.24) is 10.2 Å². The molecule has 0 radical (unpaired) electrons. The van der Waals surface area contributed by atoms with Crippen molar-refractivity contribution in [3.05, 3.63) is 118 Å². The van der Waals surface area contributed by atoms with Crippen molar-refractivity contribution in [2.75, 3.05) is 24.1 Å². The Morgan fingerprint density at radius 2 is 1.46 bits per heavy atom. The second-order valence-electron chi connectivity index (χ2n) is 12.4. The summed E-state index contributed by atoms with van der Waals surface area (Å²) < 4.78 is 40.9. The number of halogens is 2. The van der Waals surface area contributed by atoms with Crippen LogP contribution in [0.2, 0.25) is 10.0 Å². The fourth-order valence-electron chi connectivity index (χ4n) is 5.28. The third kappa shape index (κ3) is 8.61. The van der Waals surface area contributed by atoms with Gasteiger partial charge in [0.1, 0.15) is 25.8 Å². The van der Waals surface area contributed by atoms with Crippen LogP contribution in [0, 0.1) is 0 Å². The van der Waals surface area contributed by atoms with E-state index in [2.05, 4.69) is 5.32 Å². The molecule has 252 valence electrons. The van der Waals surface area contributed by atoms with Gasteiger partial charge >= 0.3 is 0 Å². The van der Waals surface area contributed by atoms with E-state index in [1.807, 2.05) is 51.1 Å². The molecule has 9 nitrogen and oxygen atoms in total. The Morgan fingerprint density at radius 3 is 2.10 bits per heavy atom. The molecule has 0 saturated carbocycles. The van der Waals surface area contributed by atoms with Crippen LogP contribution in [0.5, 0.6) is 11.5 Å². The molecule has 1 N–H and O–H groups in total. The van der Waals surface area contributed by atoms with Crippen LogP contribution in [0.15, 0.2) is 102 Å². The third-order valence-corrected chi connectivity index (χ3v) is 10.1. The number of ether oxygens (including phenoxy) is 2. The molecule has 0 spiro atoms. The van der Waals surface area contributed by atoms with E-state index in [0.29, 0.717) is 35.3 Å². The highest BCUT2D eigenvalue weighted by molar-refractivity contribution is 7.92. The number of rotatable bonds is 11. The Balaban J connectivity index is 1.61. The molecular weight excluding hydrogens is 673 g/mol. The van der Waals surface area contributed by atoms with Crippen molar-refractivity contribution >= 4 is 50.7 Å². The molecule has 0 fully saturated rings. The van der Waals surface area contributed by atoms with Crippen molar-refractivity contribution in [3.8, 4) is 11.5 Å². The van der Waals surface area contributed by atoms with E-state index in [1.165, 1.54) is 17.0 Å². The van der Waals surface area contributed by atoms with Crippen LogP contribution in [-0.4, -0.2) is 56.5 Å². The first-order valence-corrected chi connectivity index (χ1v) is 17.6. The summed E-state index contributed by atoms with van der Waals surface area (Å²) in [7, 11) is -4.28. The van der Waals surface area contributed by atoms with E-state index >= 15 is 0 Å². The summed E-state index contributed by atoms with van der Waals surface area (Å²) in [6, 6.07) is 25.9. The summed E-state index contributed by atoms with van der Waals surface area (Å²) >= 11 is 12.6. The summed E-state index contributed by atoms with van der Waals surface area (Å²) in [5.74, 6) is -0.174. The van der Waals surface area contributed by atoms with Gasteiger partial charge in [0.05, 0.1) is 20.6 Å². The molecule has 12 heteroatoms. The van der Waals surface area contributed by atoms with Crippen molar-refractivity contribution in [3.63, 3.8) is 0 Å². The Bertz CT molecular complexity index is 1870. The number of carbonyl (C=O) groups is 2. The molecule has 0 aromatic heterocycles. The molecule has 1 heterocycles. The van der Waals surface area contributed by atoms with Crippen molar-refractivity contribution in [2.45, 2.75) is 50.2 Å². The van der Waals surface area contributed by atoms with Gasteiger partial charge in [-0.25, -0.2) is 8.42 Å². The lowest BCUT2D eigenvalue weighted by atomic mass is 10.0. The highest BCUT2D eigenvalue weighted by Gasteiger charge is 2.36. The number of sulfonamides is 1. The lowest BCUT2D eigenvalue weighted by Gasteiger charge is -2.35. The number of amides is 2. The maximum absolute atomic E-state index is 14.7. The van der Waals surface area contributed by atoms with Gasteiger partial charge in [0, 0.05) is 24.6 Å². The van der Waals surface area contributed by atoms with E-state index in [-0.39, 0.29) is 28.6 Å². The Hall–Kier alpha value is -4.25. The molecule has 0 saturated heterocycles. The molecule has 4 aromatic carbocycles. The summed E-state index contributed by atoms with van der Waals surface area (Å²) in [6.45, 7) is 5.54. The molecule has 0 aliphatic carbocycles. The minimum absolute atomic E-state index is 0.00460. The van der Waals surface area contributed by atoms with Crippen LogP contribution in [-0.2, 0) is 32.6 Å². The average molecular weight is 711 g/mol. The zero-order valence-electron chi connectivity index (χ0n) is 26.9. The normalized spacial score (nSPS) is 13.4. The molecule has 2 amide bonds. The summed E-state index contributed by atoms with van der Waals surface area (Å²) in [4.78, 5) is 30.1. The van der Waals surface area contributed by atoms with E-state index in [0.717, 1.165) is 9.87 Å². The zero-order chi connectivity index (χ0) is 34.5. The van der Waals surface area contributed by atoms with Crippen LogP contribution in [0.1, 0.15) is 31.9 Å². The lowest BCUT2D eigenvalue weighted by Crippen LogP contribution is -2.56. The Kier molecular flexibility index (Phi) is 10.9. The van der Waals surface area contributed by atoms with Gasteiger partial charge in [-0.2, -0.15) is 0 Å². The number of hydrogen-bond acceptors (Lipinski definition) is 6. The second kappa shape index (κ2) is 14.9. The van der Waals surface area contributed by atoms with Gasteiger partial charge in [-0.05, 0) is 68.3 Å². The van der Waals surface area contributed by atoms with E-state index < -0.39 is 40.0 Å². The van der Waals surface area contributed by atoms with Crippen molar-refractivity contribution < 1.29 is 27.5 Å². The summed E-state index contributed by atoms with van der Waals surface area (Å²) in [5.41, 5.74) is 1.01. The van der Waals surface area contributed by atoms with Gasteiger partial charge in [0.25, 0.3) is 10.0 Å². The number of benzene rings is 4. The molecule has 1 aliphatic heterocycles. The number of nitrogens with zero attached hydrogens (tertiary/aromatic N) is 2. The number of fused-ring (bicyclic) bond motifs is 1. The highest BCUT2D eigenvalue weighted by Crippen LogP contribution is 2.36. The van der Waals surface area contributed by atoms with Crippen LogP contribution in [0.4, 0.5) is 5.69 Å². The predicted molar refractivity (Wildman–Crippen MR) is 187 cm³/mol. The van der Waals surface area contributed by atoms with E-state index in [9.17, 15) is 18.0 Å². The molecule has 1 atom stereocenters. The summed E-state index contributed by atoms with van der Waals surface area (Å²) in [5, 5.41) is 3.63. The van der Waals surface area contributed by atoms with Crippen LogP contribution in [0.3, 0.4) is 0 Å². The topological polar surface area (TPSA) is 105 Å². The first-order valence-electron chi connectivity index (χ1n) is 15.4. The minimum atomic E-state index is -4.28. The molecule has 1 aliphatic rings. The van der Waals surface area contributed by atoms with Gasteiger partial charge in [-0.1, -0.05) is 77.8 Å². The predicted octanol–water partition coefficient (Wildman–Crippen LogP) is 6.51. The Labute approximate surface area is 291 Å². The van der Waals surface area contributed by atoms with Gasteiger partial charge in [0.15, 0.2) is 11.5 Å². The van der Waals surface area contributed by atoms with Gasteiger partial charge in [-0.15, -0.1) is 0 Å². The van der Waals surface area contributed by atoms with Gasteiger partial charge in [-0.3, -0.25) is 13.9 Å². The average Bonchev–Trinajstić information content (AvgIpc) is 3.06. The zero-order valence-corrected chi connectivity index (χ0v) is 29.2. The monoisotopic (exact) mass is 709 g/mol. The van der Waals surface area contributed by atoms with Gasteiger partial charge < -0.3 is 19.7 Å². The lowest BCUT2D eigenvalue weighted by molar-refractivity contribution is -0.140. The molecule has 5 rings (SSSR count). The number of nitrogens with one attached hydrogen (secondary N) is 1. The molecule has 4 aromatic rings. The highest BCUT2D eigenvalue weighted by atomic mass is 35.5. The smallest absolute Gasteiger partial charge is 0.264 e. The van der Waals surface area contributed by atoms with Crippen molar-refractivity contribution in [2.24, 2.45) is 0 Å². The van der Waals surface area contributed by atoms with E-state index in [1.54, 1.807) is 54.6 Å². The van der Waals surface area contributed by atoms with Crippen molar-refractivity contribution in [1.29, 1.82) is 0 Å². The Morgan fingerprint density at radius 1 is 0.812 bits per heavy atom. The number of anilines is 1. The fraction of sp³-hybridized carbons (Fsp3) is 0.278. The standard InChI is InChI=1S/C36H37Cl2N3O6S/c1-36(2,3)39-35(43)31(21-25-10-6-4-7-11-25)40(23-26-14-16-29(37)30(38)20-26)34(42)24-41(48(44,45)28-12-8-5-9-13-28)27-15-17-32-33(22-27)47-19-18-46-32/h4-17,20,22,31H,18-19,21,23-24H2,1-3H3,(H,39,43)/t31-/m0/s1. The molecular formula is C36H37Cl2N3O6S. The van der Waals surface area contributed by atoms with E-state index in [4.69, 9.17) is 32.7 Å². The third-order valence-electron chi connectivity index (χ3n) is 7.53. The molecule has 0 unspecified atom stereocenters. The minimum Gasteiger partial charge on any atom is -0.486 e. The number of hydrogen-bond donors (Lipinski definition) is 1. The van der Waals surface area contributed by atoms with Crippen LogP contribution in [0.25, 0.3) is 0 Å². The molecule has 48 heavy (non-hydrogen) atoms. The van der Waals surface area contributed by atoms with Crippen LogP contribution < -0.4 is 19.1 Å². The maximum Gasteiger partial charge on any atom is 0.264 e. The fourth-order valence-corrected chi connectivity index (χ4v) is 7.02. The van der Waals surface area contributed by atoms with Gasteiger partial charge in [0.2, 0.25) is 11.8 Å². The maximum atomic E-state index is 14.7.